The monoisotopic (exact) mass is 352 g/mol. The van der Waals surface area contributed by atoms with Crippen LogP contribution in [0, 0.1) is 10.1 Å². The van der Waals surface area contributed by atoms with Gasteiger partial charge in [0, 0.05) is 35.7 Å². The van der Waals surface area contributed by atoms with Crippen molar-refractivity contribution in [2.45, 2.75) is 0 Å². The quantitative estimate of drug-likeness (QED) is 0.548. The lowest BCUT2D eigenvalue weighted by Crippen LogP contribution is -2.41. The summed E-state index contributed by atoms with van der Waals surface area (Å²) in [5, 5.41) is 10.8. The molecule has 0 spiro atoms. The Labute approximate surface area is 146 Å². The second-order valence-corrected chi connectivity index (χ2v) is 5.12. The van der Waals surface area contributed by atoms with E-state index in [0.29, 0.717) is 16.9 Å². The van der Waals surface area contributed by atoms with E-state index in [9.17, 15) is 19.7 Å². The lowest BCUT2D eigenvalue weighted by Gasteiger charge is -2.05. The van der Waals surface area contributed by atoms with Crippen molar-refractivity contribution in [2.24, 2.45) is 0 Å². The fourth-order valence-electron chi connectivity index (χ4n) is 2.14. The molecule has 2 heterocycles. The molecule has 3 rings (SSSR count). The van der Waals surface area contributed by atoms with Gasteiger partial charge in [-0.2, -0.15) is 0 Å². The van der Waals surface area contributed by atoms with Crippen LogP contribution in [0.1, 0.15) is 20.9 Å². The largest absolute Gasteiger partial charge is 0.451 e. The van der Waals surface area contributed by atoms with E-state index in [-0.39, 0.29) is 11.4 Å². The van der Waals surface area contributed by atoms with E-state index in [2.05, 4.69) is 15.8 Å². The highest BCUT2D eigenvalue weighted by atomic mass is 16.6. The highest BCUT2D eigenvalue weighted by Crippen LogP contribution is 2.25. The molecule has 3 aromatic rings. The van der Waals surface area contributed by atoms with Gasteiger partial charge in [-0.15, -0.1) is 0 Å². The van der Waals surface area contributed by atoms with E-state index < -0.39 is 16.7 Å². The van der Waals surface area contributed by atoms with Gasteiger partial charge >= 0.3 is 5.91 Å². The first-order chi connectivity index (χ1) is 12.5. The average molecular weight is 352 g/mol. The van der Waals surface area contributed by atoms with Crippen LogP contribution in [0.15, 0.2) is 65.3 Å². The number of nitrogens with one attached hydrogen (secondary N) is 2. The van der Waals surface area contributed by atoms with Crippen LogP contribution >= 0.6 is 0 Å². The van der Waals surface area contributed by atoms with E-state index in [1.807, 2.05) is 0 Å². The number of amides is 2. The number of rotatable bonds is 4. The summed E-state index contributed by atoms with van der Waals surface area (Å²) in [6.45, 7) is 0. The van der Waals surface area contributed by atoms with Crippen molar-refractivity contribution >= 4 is 17.5 Å². The van der Waals surface area contributed by atoms with Crippen molar-refractivity contribution in [3.05, 3.63) is 82.4 Å². The zero-order valence-electron chi connectivity index (χ0n) is 13.2. The molecule has 2 N–H and O–H groups in total. The third kappa shape index (κ3) is 3.73. The van der Waals surface area contributed by atoms with Gasteiger partial charge in [-0.1, -0.05) is 12.1 Å². The van der Waals surface area contributed by atoms with Crippen LogP contribution < -0.4 is 10.9 Å². The summed E-state index contributed by atoms with van der Waals surface area (Å²) >= 11 is 0. The number of benzene rings is 1. The summed E-state index contributed by atoms with van der Waals surface area (Å²) in [7, 11) is 0. The normalized spacial score (nSPS) is 10.2. The lowest BCUT2D eigenvalue weighted by molar-refractivity contribution is -0.384. The van der Waals surface area contributed by atoms with Crippen LogP contribution in [0.5, 0.6) is 0 Å². The predicted octanol–water partition coefficient (Wildman–Crippen LogP) is 2.32. The fourth-order valence-corrected chi connectivity index (χ4v) is 2.14. The van der Waals surface area contributed by atoms with Gasteiger partial charge in [0.2, 0.25) is 0 Å². The van der Waals surface area contributed by atoms with Crippen molar-refractivity contribution in [2.75, 3.05) is 0 Å². The van der Waals surface area contributed by atoms with Gasteiger partial charge in [-0.25, -0.2) is 0 Å². The number of non-ortho nitro benzene ring substituents is 1. The first kappa shape index (κ1) is 16.8. The highest BCUT2D eigenvalue weighted by molar-refractivity contribution is 5.98. The Kier molecular flexibility index (Phi) is 4.70. The van der Waals surface area contributed by atoms with Gasteiger partial charge in [-0.3, -0.25) is 35.5 Å². The third-order valence-corrected chi connectivity index (χ3v) is 3.40. The van der Waals surface area contributed by atoms with E-state index in [1.54, 1.807) is 6.07 Å². The molecule has 9 nitrogen and oxygen atoms in total. The van der Waals surface area contributed by atoms with Crippen molar-refractivity contribution < 1.29 is 18.9 Å². The summed E-state index contributed by atoms with van der Waals surface area (Å²) in [6.07, 6.45) is 2.91. The van der Waals surface area contributed by atoms with E-state index in [0.717, 1.165) is 0 Å². The van der Waals surface area contributed by atoms with Crippen LogP contribution in [0.3, 0.4) is 0 Å². The molecule has 0 radical (unpaired) electrons. The molecule has 0 atom stereocenters. The average Bonchev–Trinajstić information content (AvgIpc) is 3.17. The number of nitrogens with zero attached hydrogens (tertiary/aromatic N) is 2. The maximum Gasteiger partial charge on any atom is 0.305 e. The number of hydrogen-bond acceptors (Lipinski definition) is 6. The molecule has 0 fully saturated rings. The number of nitro groups is 1. The SMILES string of the molecule is O=C(NNC(=O)c1ccc(-c2cccc([N+](=O)[O-])c2)o1)c1ccncc1. The summed E-state index contributed by atoms with van der Waals surface area (Å²) in [5.41, 5.74) is 5.19. The second kappa shape index (κ2) is 7.26. The number of carbonyl (C=O) groups is 2. The molecule has 130 valence electrons. The van der Waals surface area contributed by atoms with Gasteiger partial charge in [0.1, 0.15) is 5.76 Å². The number of furan rings is 1. The standard InChI is InChI=1S/C17H12N4O5/c22-16(11-6-8-18-9-7-11)19-20-17(23)15-5-4-14(26-15)12-2-1-3-13(10-12)21(24)25/h1-10H,(H,19,22)(H,20,23). The van der Waals surface area contributed by atoms with Crippen molar-refractivity contribution in [1.29, 1.82) is 0 Å². The van der Waals surface area contributed by atoms with Crippen LogP contribution in [0.4, 0.5) is 5.69 Å². The molecule has 0 aliphatic carbocycles. The maximum absolute atomic E-state index is 12.1. The highest BCUT2D eigenvalue weighted by Gasteiger charge is 2.15. The Balaban J connectivity index is 1.67. The molecule has 2 aromatic heterocycles. The summed E-state index contributed by atoms with van der Waals surface area (Å²) < 4.78 is 5.41. The Morgan fingerprint density at radius 3 is 2.46 bits per heavy atom. The smallest absolute Gasteiger partial charge is 0.305 e. The van der Waals surface area contributed by atoms with E-state index in [1.165, 1.54) is 54.9 Å². The molecule has 0 saturated carbocycles. The second-order valence-electron chi connectivity index (χ2n) is 5.12. The zero-order valence-corrected chi connectivity index (χ0v) is 13.2. The summed E-state index contributed by atoms with van der Waals surface area (Å²) in [5.74, 6) is -0.934. The Morgan fingerprint density at radius 2 is 1.73 bits per heavy atom. The number of hydrogen-bond donors (Lipinski definition) is 2. The molecule has 0 bridgehead atoms. The van der Waals surface area contributed by atoms with Crippen LogP contribution in [0.2, 0.25) is 0 Å². The topological polar surface area (TPSA) is 127 Å². The van der Waals surface area contributed by atoms with Crippen molar-refractivity contribution in [3.8, 4) is 11.3 Å². The van der Waals surface area contributed by atoms with E-state index in [4.69, 9.17) is 4.42 Å². The molecular formula is C17H12N4O5. The minimum atomic E-state index is -0.663. The molecule has 2 amide bonds. The Hall–Kier alpha value is -4.01. The molecular weight excluding hydrogens is 340 g/mol. The number of pyridine rings is 1. The molecule has 0 saturated heterocycles. The predicted molar refractivity (Wildman–Crippen MR) is 90.0 cm³/mol. The molecule has 0 unspecified atom stereocenters. The number of hydrazine groups is 1. The summed E-state index contributed by atoms with van der Waals surface area (Å²) in [6, 6.07) is 11.7. The molecule has 1 aromatic carbocycles. The fraction of sp³-hybridized carbons (Fsp3) is 0. The van der Waals surface area contributed by atoms with Gasteiger partial charge in [0.05, 0.1) is 4.92 Å². The van der Waals surface area contributed by atoms with Crippen LogP contribution in [-0.2, 0) is 0 Å². The van der Waals surface area contributed by atoms with Crippen LogP contribution in [-0.4, -0.2) is 21.7 Å². The van der Waals surface area contributed by atoms with Crippen LogP contribution in [0.25, 0.3) is 11.3 Å². The van der Waals surface area contributed by atoms with Crippen molar-refractivity contribution in [3.63, 3.8) is 0 Å². The Bertz CT molecular complexity index is 968. The molecule has 0 aliphatic heterocycles. The minimum Gasteiger partial charge on any atom is -0.451 e. The first-order valence-electron chi connectivity index (χ1n) is 7.40. The number of carbonyl (C=O) groups excluding carboxylic acids is 2. The molecule has 0 aliphatic rings. The third-order valence-electron chi connectivity index (χ3n) is 3.40. The van der Waals surface area contributed by atoms with Gasteiger partial charge in [-0.05, 0) is 24.3 Å². The summed E-state index contributed by atoms with van der Waals surface area (Å²) in [4.78, 5) is 38.0. The lowest BCUT2D eigenvalue weighted by atomic mass is 10.1. The maximum atomic E-state index is 12.1. The molecule has 9 heteroatoms. The van der Waals surface area contributed by atoms with Gasteiger partial charge < -0.3 is 4.42 Å². The van der Waals surface area contributed by atoms with E-state index >= 15 is 0 Å². The van der Waals surface area contributed by atoms with Gasteiger partial charge in [0.25, 0.3) is 11.6 Å². The Morgan fingerprint density at radius 1 is 1.00 bits per heavy atom. The van der Waals surface area contributed by atoms with Crippen molar-refractivity contribution in [1.82, 2.24) is 15.8 Å². The zero-order chi connectivity index (χ0) is 18.5. The number of aromatic nitrogens is 1. The minimum absolute atomic E-state index is 0.0541. The first-order valence-corrected chi connectivity index (χ1v) is 7.40. The van der Waals surface area contributed by atoms with Gasteiger partial charge in [0.15, 0.2) is 5.76 Å². The number of nitro benzene ring substituents is 1. The molecule has 26 heavy (non-hydrogen) atoms.